The summed E-state index contributed by atoms with van der Waals surface area (Å²) in [7, 11) is 0. The van der Waals surface area contributed by atoms with Gasteiger partial charge in [-0.3, -0.25) is 10.00 Å². The van der Waals surface area contributed by atoms with E-state index in [1.165, 1.54) is 47.1 Å². The van der Waals surface area contributed by atoms with Crippen LogP contribution in [0.4, 0.5) is 0 Å². The van der Waals surface area contributed by atoms with Gasteiger partial charge < -0.3 is 4.98 Å². The summed E-state index contributed by atoms with van der Waals surface area (Å²) in [5.74, 6) is 0.590. The summed E-state index contributed by atoms with van der Waals surface area (Å²) in [6.07, 6.45) is 6.46. The molecule has 1 unspecified atom stereocenters. The number of rotatable bonds is 3. The Bertz CT molecular complexity index is 770. The van der Waals surface area contributed by atoms with E-state index in [-0.39, 0.29) is 0 Å². The molecule has 0 bridgehead atoms. The van der Waals surface area contributed by atoms with Crippen LogP contribution in [0.15, 0.2) is 36.7 Å². The van der Waals surface area contributed by atoms with Crippen LogP contribution in [0.5, 0.6) is 0 Å². The number of H-pyrrole nitrogens is 2. The minimum absolute atomic E-state index is 0.590. The number of likely N-dealkylation sites (tertiary alicyclic amines) is 1. The van der Waals surface area contributed by atoms with E-state index >= 15 is 0 Å². The smallest absolute Gasteiger partial charge is 0.0519 e. The van der Waals surface area contributed by atoms with Crippen LogP contribution in [-0.2, 0) is 6.54 Å². The van der Waals surface area contributed by atoms with Gasteiger partial charge in [-0.05, 0) is 61.0 Å². The number of hydrogen-bond acceptors (Lipinski definition) is 2. The zero-order chi connectivity index (χ0) is 14.9. The summed E-state index contributed by atoms with van der Waals surface area (Å²) in [6.45, 7) is 5.49. The average molecular weight is 294 g/mol. The van der Waals surface area contributed by atoms with Crippen LogP contribution >= 0.6 is 0 Å². The molecule has 4 heteroatoms. The third-order valence-electron chi connectivity index (χ3n) is 4.81. The fourth-order valence-corrected chi connectivity index (χ4v) is 3.66. The number of piperidine rings is 1. The van der Waals surface area contributed by atoms with Crippen LogP contribution in [-0.4, -0.2) is 33.2 Å². The van der Waals surface area contributed by atoms with Crippen molar-refractivity contribution in [3.8, 4) is 0 Å². The van der Waals surface area contributed by atoms with Crippen LogP contribution < -0.4 is 0 Å². The number of aromatic amines is 2. The molecule has 1 atom stereocenters. The topological polar surface area (TPSA) is 47.7 Å². The van der Waals surface area contributed by atoms with Gasteiger partial charge in [0, 0.05) is 36.4 Å². The van der Waals surface area contributed by atoms with Crippen molar-refractivity contribution in [2.45, 2.75) is 32.2 Å². The SMILES string of the molecule is Cc1cn[nH]c1C1CCCN(Cc2ccc3[nH]ccc3c2)C1. The van der Waals surface area contributed by atoms with Crippen molar-refractivity contribution in [2.24, 2.45) is 0 Å². The molecule has 1 fully saturated rings. The molecular formula is C18H22N4. The maximum absolute atomic E-state index is 4.19. The number of nitrogens with zero attached hydrogens (tertiary/aromatic N) is 2. The molecule has 114 valence electrons. The Hall–Kier alpha value is -2.07. The first-order valence-electron chi connectivity index (χ1n) is 8.08. The molecule has 0 spiro atoms. The highest BCUT2D eigenvalue weighted by molar-refractivity contribution is 5.79. The van der Waals surface area contributed by atoms with Crippen molar-refractivity contribution in [3.05, 3.63) is 53.5 Å². The fourth-order valence-electron chi connectivity index (χ4n) is 3.66. The average Bonchev–Trinajstić information content (AvgIpc) is 3.15. The van der Waals surface area contributed by atoms with Crippen molar-refractivity contribution in [3.63, 3.8) is 0 Å². The van der Waals surface area contributed by atoms with Gasteiger partial charge in [-0.25, -0.2) is 0 Å². The molecule has 4 rings (SSSR count). The van der Waals surface area contributed by atoms with E-state index in [0.29, 0.717) is 5.92 Å². The van der Waals surface area contributed by atoms with Crippen LogP contribution in [0.1, 0.15) is 35.6 Å². The minimum atomic E-state index is 0.590. The second-order valence-electron chi connectivity index (χ2n) is 6.44. The molecule has 0 radical (unpaired) electrons. The standard InChI is InChI=1S/C18H22N4/c1-13-10-20-21-18(13)16-3-2-8-22(12-16)11-14-4-5-17-15(9-14)6-7-19-17/h4-7,9-10,16,19H,2-3,8,11-12H2,1H3,(H,20,21). The van der Waals surface area contributed by atoms with Gasteiger partial charge in [0.25, 0.3) is 0 Å². The highest BCUT2D eigenvalue weighted by atomic mass is 15.1. The fraction of sp³-hybridized carbons (Fsp3) is 0.389. The van der Waals surface area contributed by atoms with Gasteiger partial charge in [-0.2, -0.15) is 5.10 Å². The third kappa shape index (κ3) is 2.55. The Labute approximate surface area is 130 Å². The lowest BCUT2D eigenvalue weighted by atomic mass is 9.92. The third-order valence-corrected chi connectivity index (χ3v) is 4.81. The van der Waals surface area contributed by atoms with Gasteiger partial charge in [-0.1, -0.05) is 6.07 Å². The Morgan fingerprint density at radius 3 is 3.14 bits per heavy atom. The Morgan fingerprint density at radius 2 is 2.27 bits per heavy atom. The van der Waals surface area contributed by atoms with E-state index in [1.54, 1.807) is 0 Å². The molecule has 1 aromatic carbocycles. The molecule has 22 heavy (non-hydrogen) atoms. The van der Waals surface area contributed by atoms with E-state index in [1.807, 2.05) is 12.4 Å². The van der Waals surface area contributed by atoms with Crippen molar-refractivity contribution in [1.29, 1.82) is 0 Å². The molecule has 2 N–H and O–H groups in total. The van der Waals surface area contributed by atoms with Crippen molar-refractivity contribution in [1.82, 2.24) is 20.1 Å². The lowest BCUT2D eigenvalue weighted by Gasteiger charge is -2.32. The van der Waals surface area contributed by atoms with Gasteiger partial charge in [0.05, 0.1) is 6.20 Å². The Kier molecular flexibility index (Phi) is 3.47. The molecule has 0 aliphatic carbocycles. The molecular weight excluding hydrogens is 272 g/mol. The van der Waals surface area contributed by atoms with Crippen molar-refractivity contribution < 1.29 is 0 Å². The number of hydrogen-bond donors (Lipinski definition) is 2. The molecule has 4 nitrogen and oxygen atoms in total. The first-order chi connectivity index (χ1) is 10.8. The molecule has 3 aromatic rings. The van der Waals surface area contributed by atoms with Crippen LogP contribution in [0.25, 0.3) is 10.9 Å². The number of aromatic nitrogens is 3. The molecule has 0 amide bonds. The first kappa shape index (κ1) is 13.6. The second kappa shape index (κ2) is 5.61. The number of aryl methyl sites for hydroxylation is 1. The quantitative estimate of drug-likeness (QED) is 0.775. The Balaban J connectivity index is 1.49. The predicted octanol–water partition coefficient (Wildman–Crippen LogP) is 3.58. The first-order valence-corrected chi connectivity index (χ1v) is 8.08. The van der Waals surface area contributed by atoms with Gasteiger partial charge >= 0.3 is 0 Å². The van der Waals surface area contributed by atoms with Crippen LogP contribution in [0.2, 0.25) is 0 Å². The maximum atomic E-state index is 4.19. The minimum Gasteiger partial charge on any atom is -0.361 e. The van der Waals surface area contributed by atoms with E-state index in [4.69, 9.17) is 0 Å². The number of fused-ring (bicyclic) bond motifs is 1. The van der Waals surface area contributed by atoms with E-state index in [9.17, 15) is 0 Å². The largest absolute Gasteiger partial charge is 0.361 e. The Morgan fingerprint density at radius 1 is 1.32 bits per heavy atom. The van der Waals surface area contributed by atoms with Crippen LogP contribution in [0.3, 0.4) is 0 Å². The lowest BCUT2D eigenvalue weighted by molar-refractivity contribution is 0.198. The second-order valence-corrected chi connectivity index (χ2v) is 6.44. The highest BCUT2D eigenvalue weighted by Gasteiger charge is 2.23. The molecule has 1 saturated heterocycles. The lowest BCUT2D eigenvalue weighted by Crippen LogP contribution is -2.34. The number of benzene rings is 1. The summed E-state index contributed by atoms with van der Waals surface area (Å²) in [5, 5.41) is 8.69. The monoisotopic (exact) mass is 294 g/mol. The molecule has 3 heterocycles. The van der Waals surface area contributed by atoms with Gasteiger partial charge in [0.15, 0.2) is 0 Å². The molecule has 2 aromatic heterocycles. The zero-order valence-electron chi connectivity index (χ0n) is 13.0. The van der Waals surface area contributed by atoms with Gasteiger partial charge in [0.1, 0.15) is 0 Å². The zero-order valence-corrected chi connectivity index (χ0v) is 13.0. The maximum Gasteiger partial charge on any atom is 0.0519 e. The normalized spacial score (nSPS) is 19.8. The molecule has 0 saturated carbocycles. The molecule has 1 aliphatic heterocycles. The molecule has 1 aliphatic rings. The summed E-state index contributed by atoms with van der Waals surface area (Å²) in [5.41, 5.74) is 5.23. The predicted molar refractivity (Wildman–Crippen MR) is 88.9 cm³/mol. The van der Waals surface area contributed by atoms with Gasteiger partial charge in [-0.15, -0.1) is 0 Å². The van der Waals surface area contributed by atoms with E-state index in [0.717, 1.165) is 13.1 Å². The summed E-state index contributed by atoms with van der Waals surface area (Å²) < 4.78 is 0. The summed E-state index contributed by atoms with van der Waals surface area (Å²) in [4.78, 5) is 5.83. The van der Waals surface area contributed by atoms with Crippen LogP contribution in [0, 0.1) is 6.92 Å². The highest BCUT2D eigenvalue weighted by Crippen LogP contribution is 2.28. The van der Waals surface area contributed by atoms with Crippen molar-refractivity contribution in [2.75, 3.05) is 13.1 Å². The van der Waals surface area contributed by atoms with Gasteiger partial charge in [0.2, 0.25) is 0 Å². The van der Waals surface area contributed by atoms with E-state index < -0.39 is 0 Å². The summed E-state index contributed by atoms with van der Waals surface area (Å²) in [6, 6.07) is 8.87. The number of nitrogens with one attached hydrogen (secondary N) is 2. The van der Waals surface area contributed by atoms with E-state index in [2.05, 4.69) is 51.3 Å². The summed E-state index contributed by atoms with van der Waals surface area (Å²) >= 11 is 0. The van der Waals surface area contributed by atoms with Crippen molar-refractivity contribution >= 4 is 10.9 Å².